The molecule has 0 bridgehead atoms. The molecule has 1 aliphatic carbocycles. The van der Waals surface area contributed by atoms with Gasteiger partial charge in [-0.3, -0.25) is 4.79 Å². The first-order valence-electron chi connectivity index (χ1n) is 10.2. The number of nitrogens with one attached hydrogen (secondary N) is 1. The van der Waals surface area contributed by atoms with Crippen molar-refractivity contribution in [2.24, 2.45) is 0 Å². The number of aromatic nitrogens is 2. The number of rotatable bonds is 8. The Bertz CT molecular complexity index is 1200. The fraction of sp³-hybridized carbons (Fsp3) is 0.318. The van der Waals surface area contributed by atoms with Crippen molar-refractivity contribution < 1.29 is 17.6 Å². The minimum absolute atomic E-state index is 0.0967. The Hall–Kier alpha value is -2.75. The van der Waals surface area contributed by atoms with Crippen LogP contribution in [0.4, 0.5) is 0 Å². The third kappa shape index (κ3) is 5.17. The van der Waals surface area contributed by atoms with Crippen molar-refractivity contribution in [3.63, 3.8) is 0 Å². The molecule has 1 heterocycles. The van der Waals surface area contributed by atoms with Crippen LogP contribution in [0.5, 0.6) is 0 Å². The summed E-state index contributed by atoms with van der Waals surface area (Å²) >= 11 is 5.92. The van der Waals surface area contributed by atoms with Crippen molar-refractivity contribution in [1.29, 1.82) is 0 Å². The molecule has 1 aromatic heterocycles. The van der Waals surface area contributed by atoms with E-state index in [0.717, 1.165) is 18.4 Å². The molecule has 1 N–H and O–H groups in total. The van der Waals surface area contributed by atoms with Gasteiger partial charge in [0.15, 0.2) is 0 Å². The average Bonchev–Trinajstić information content (AvgIpc) is 3.49. The normalized spacial score (nSPS) is 14.0. The van der Waals surface area contributed by atoms with Crippen LogP contribution in [0, 0.1) is 0 Å². The lowest BCUT2D eigenvalue weighted by molar-refractivity contribution is 0.0714. The molecule has 2 aromatic carbocycles. The van der Waals surface area contributed by atoms with Crippen molar-refractivity contribution in [3.8, 4) is 11.5 Å². The predicted octanol–water partition coefficient (Wildman–Crippen LogP) is 3.88. The first kappa shape index (κ1) is 22.4. The van der Waals surface area contributed by atoms with Gasteiger partial charge < -0.3 is 9.32 Å². The molecule has 4 rings (SSSR count). The summed E-state index contributed by atoms with van der Waals surface area (Å²) in [4.78, 5) is 14.9. The summed E-state index contributed by atoms with van der Waals surface area (Å²) < 4.78 is 32.9. The van der Waals surface area contributed by atoms with Gasteiger partial charge in [-0.15, -0.1) is 10.2 Å². The molecule has 0 radical (unpaired) electrons. The number of hydrogen-bond donors (Lipinski definition) is 1. The standard InChI is InChI=1S/C22H23ClN4O4S/c1-14(2)26-32(29,30)19-11-5-16(6-12-19)22(28)27(18-9-10-18)13-20-24-25-21(31-20)15-3-7-17(23)8-4-15/h3-8,11-12,14,18,26H,9-10,13H2,1-2H3. The summed E-state index contributed by atoms with van der Waals surface area (Å²) in [6, 6.07) is 12.9. The molecule has 1 amide bonds. The van der Waals surface area contributed by atoms with Crippen molar-refractivity contribution in [1.82, 2.24) is 19.8 Å². The fourth-order valence-corrected chi connectivity index (χ4v) is 4.62. The highest BCUT2D eigenvalue weighted by atomic mass is 35.5. The molecule has 8 nitrogen and oxygen atoms in total. The second-order valence-corrected chi connectivity index (χ2v) is 10.1. The largest absolute Gasteiger partial charge is 0.419 e. The maximum Gasteiger partial charge on any atom is 0.254 e. The molecule has 0 atom stereocenters. The van der Waals surface area contributed by atoms with Gasteiger partial charge in [0.2, 0.25) is 21.8 Å². The summed E-state index contributed by atoms with van der Waals surface area (Å²) in [5.74, 6) is 0.474. The summed E-state index contributed by atoms with van der Waals surface area (Å²) in [6.45, 7) is 3.68. The summed E-state index contributed by atoms with van der Waals surface area (Å²) in [6.07, 6.45) is 1.80. The molecular formula is C22H23ClN4O4S. The monoisotopic (exact) mass is 474 g/mol. The van der Waals surface area contributed by atoms with Crippen LogP contribution in [0.3, 0.4) is 0 Å². The first-order chi connectivity index (χ1) is 15.2. The second-order valence-electron chi connectivity index (χ2n) is 7.97. The molecular weight excluding hydrogens is 452 g/mol. The molecule has 32 heavy (non-hydrogen) atoms. The van der Waals surface area contributed by atoms with Crippen molar-refractivity contribution in [3.05, 3.63) is 65.0 Å². The number of halogens is 1. The van der Waals surface area contributed by atoms with E-state index in [9.17, 15) is 13.2 Å². The van der Waals surface area contributed by atoms with E-state index in [2.05, 4.69) is 14.9 Å². The van der Waals surface area contributed by atoms with Crippen LogP contribution < -0.4 is 4.72 Å². The zero-order chi connectivity index (χ0) is 22.9. The number of carbonyl (C=O) groups is 1. The summed E-state index contributed by atoms with van der Waals surface area (Å²) in [5.41, 5.74) is 1.14. The van der Waals surface area contributed by atoms with Crippen molar-refractivity contribution in [2.75, 3.05) is 0 Å². The third-order valence-electron chi connectivity index (χ3n) is 4.91. The Balaban J connectivity index is 1.50. The number of sulfonamides is 1. The van der Waals surface area contributed by atoms with E-state index in [-0.39, 0.29) is 29.4 Å². The minimum Gasteiger partial charge on any atom is -0.419 e. The van der Waals surface area contributed by atoms with Gasteiger partial charge in [-0.25, -0.2) is 13.1 Å². The van der Waals surface area contributed by atoms with Crippen LogP contribution in [-0.2, 0) is 16.6 Å². The number of carbonyl (C=O) groups excluding carboxylic acids is 1. The summed E-state index contributed by atoms with van der Waals surface area (Å²) in [7, 11) is -3.62. The van der Waals surface area contributed by atoms with Crippen molar-refractivity contribution in [2.45, 2.75) is 50.2 Å². The maximum absolute atomic E-state index is 13.1. The zero-order valence-corrected chi connectivity index (χ0v) is 19.2. The number of hydrogen-bond acceptors (Lipinski definition) is 6. The Morgan fingerprint density at radius 1 is 1.12 bits per heavy atom. The van der Waals surface area contributed by atoms with Crippen LogP contribution in [0.2, 0.25) is 5.02 Å². The van der Waals surface area contributed by atoms with Gasteiger partial charge in [0.05, 0.1) is 11.4 Å². The maximum atomic E-state index is 13.1. The quantitative estimate of drug-likeness (QED) is 0.531. The average molecular weight is 475 g/mol. The highest BCUT2D eigenvalue weighted by molar-refractivity contribution is 7.89. The number of benzene rings is 2. The zero-order valence-electron chi connectivity index (χ0n) is 17.7. The van der Waals surface area contributed by atoms with Crippen LogP contribution in [0.25, 0.3) is 11.5 Å². The lowest BCUT2D eigenvalue weighted by atomic mass is 10.2. The van der Waals surface area contributed by atoms with E-state index in [4.69, 9.17) is 16.0 Å². The molecule has 0 unspecified atom stereocenters. The third-order valence-corrected chi connectivity index (χ3v) is 6.84. The SMILES string of the molecule is CC(C)NS(=O)(=O)c1ccc(C(=O)N(Cc2nnc(-c3ccc(Cl)cc3)o2)C2CC2)cc1. The fourth-order valence-electron chi connectivity index (χ4n) is 3.25. The number of amides is 1. The topological polar surface area (TPSA) is 105 Å². The van der Waals surface area contributed by atoms with E-state index in [1.807, 2.05) is 0 Å². The molecule has 3 aromatic rings. The van der Waals surface area contributed by atoms with Gasteiger partial charge in [0, 0.05) is 28.2 Å². The molecule has 1 fully saturated rings. The van der Waals surface area contributed by atoms with Gasteiger partial charge in [-0.05, 0) is 75.2 Å². The van der Waals surface area contributed by atoms with Crippen molar-refractivity contribution >= 4 is 27.5 Å². The van der Waals surface area contributed by atoms with Crippen LogP contribution in [0.15, 0.2) is 57.8 Å². The lowest BCUT2D eigenvalue weighted by Gasteiger charge is -2.20. The predicted molar refractivity (Wildman–Crippen MR) is 120 cm³/mol. The van der Waals surface area contributed by atoms with E-state index in [0.29, 0.717) is 22.4 Å². The highest BCUT2D eigenvalue weighted by Crippen LogP contribution is 2.30. The molecule has 0 spiro atoms. The molecule has 168 valence electrons. The van der Waals surface area contributed by atoms with Gasteiger partial charge in [-0.1, -0.05) is 11.6 Å². The summed E-state index contributed by atoms with van der Waals surface area (Å²) in [5, 5.41) is 8.76. The highest BCUT2D eigenvalue weighted by Gasteiger charge is 2.34. The first-order valence-corrected chi connectivity index (χ1v) is 12.1. The van der Waals surface area contributed by atoms with Gasteiger partial charge in [-0.2, -0.15) is 0 Å². The minimum atomic E-state index is -3.62. The molecule has 1 saturated carbocycles. The molecule has 0 saturated heterocycles. The van der Waals surface area contributed by atoms with Crippen LogP contribution in [0.1, 0.15) is 42.9 Å². The van der Waals surface area contributed by atoms with Crippen LogP contribution >= 0.6 is 11.6 Å². The smallest absolute Gasteiger partial charge is 0.254 e. The second kappa shape index (κ2) is 9.01. The van der Waals surface area contributed by atoms with Gasteiger partial charge in [0.25, 0.3) is 5.91 Å². The Morgan fingerprint density at radius 2 is 1.78 bits per heavy atom. The van der Waals surface area contributed by atoms with E-state index in [1.54, 1.807) is 43.0 Å². The molecule has 1 aliphatic rings. The van der Waals surface area contributed by atoms with Gasteiger partial charge in [0.1, 0.15) is 0 Å². The molecule has 0 aliphatic heterocycles. The van der Waals surface area contributed by atoms with E-state index >= 15 is 0 Å². The molecule has 10 heteroatoms. The van der Waals surface area contributed by atoms with E-state index in [1.165, 1.54) is 24.3 Å². The lowest BCUT2D eigenvalue weighted by Crippen LogP contribution is -2.33. The Morgan fingerprint density at radius 3 is 2.38 bits per heavy atom. The Kier molecular flexibility index (Phi) is 6.32. The Labute approximate surface area is 191 Å². The van der Waals surface area contributed by atoms with Gasteiger partial charge >= 0.3 is 0 Å². The van der Waals surface area contributed by atoms with Crippen LogP contribution in [-0.4, -0.2) is 41.5 Å². The number of nitrogens with zero attached hydrogens (tertiary/aromatic N) is 3. The van der Waals surface area contributed by atoms with E-state index < -0.39 is 10.0 Å².